The van der Waals surface area contributed by atoms with E-state index in [0.29, 0.717) is 61.4 Å². The number of nitrogens with one attached hydrogen (secondary N) is 7. The fraction of sp³-hybridized carbons (Fsp3) is 0.612. The lowest BCUT2D eigenvalue weighted by Gasteiger charge is -2.32. The van der Waals surface area contributed by atoms with Crippen LogP contribution in [0.2, 0.25) is 19.1 Å². The zero-order valence-electron chi connectivity index (χ0n) is 58.2. The molecule has 0 bridgehead atoms. The van der Waals surface area contributed by atoms with Crippen molar-refractivity contribution in [2.75, 3.05) is 44.4 Å². The van der Waals surface area contributed by atoms with Crippen LogP contribution in [0.5, 0.6) is 0 Å². The van der Waals surface area contributed by atoms with Gasteiger partial charge in [0.05, 0.1) is 14.1 Å². The molecule has 13 amide bonds. The van der Waals surface area contributed by atoms with Crippen molar-refractivity contribution in [1.82, 2.24) is 51.9 Å². The van der Waals surface area contributed by atoms with E-state index in [0.717, 1.165) is 0 Å². The molecule has 11 atom stereocenters. The summed E-state index contributed by atoms with van der Waals surface area (Å²) in [5.41, 5.74) is 41.0. The molecule has 0 spiro atoms. The minimum atomic E-state index is -2.40. The molecular formula is C67H106N18O13SSi. The molecule has 3 heterocycles. The molecule has 552 valence electrons. The Balaban J connectivity index is 1.40. The van der Waals surface area contributed by atoms with E-state index < -0.39 is 177 Å². The smallest absolute Gasteiger partial charge is 0.245 e. The summed E-state index contributed by atoms with van der Waals surface area (Å²) in [6, 6.07) is 4.14. The molecule has 3 fully saturated rings. The van der Waals surface area contributed by atoms with Crippen LogP contribution in [0.25, 0.3) is 0 Å². The molecule has 31 nitrogen and oxygen atoms in total. The van der Waals surface area contributed by atoms with Crippen molar-refractivity contribution in [3.63, 3.8) is 0 Å². The first-order valence-corrected chi connectivity index (χ1v) is 39.2. The van der Waals surface area contributed by atoms with Crippen LogP contribution in [0.4, 0.5) is 0 Å². The number of nitrogens with two attached hydrogens (primary N) is 7. The first-order chi connectivity index (χ1) is 47.4. The number of primary amides is 3. The zero-order valence-corrected chi connectivity index (χ0v) is 60.0. The number of thioether (sulfide) groups is 1. The Kier molecular flexibility index (Phi) is 33.2. The molecule has 3 saturated heterocycles. The van der Waals surface area contributed by atoms with Crippen molar-refractivity contribution in [2.45, 2.75) is 209 Å². The van der Waals surface area contributed by atoms with Crippen LogP contribution in [0, 0.1) is 5.92 Å². The minimum Gasteiger partial charge on any atom is -0.370 e. The molecule has 33 heteroatoms. The number of guanidine groups is 1. The number of carbonyl (C=O) groups excluding carboxylic acids is 13. The van der Waals surface area contributed by atoms with Crippen LogP contribution in [0.15, 0.2) is 65.7 Å². The van der Waals surface area contributed by atoms with Gasteiger partial charge in [-0.05, 0) is 125 Å². The third-order valence-electron chi connectivity index (χ3n) is 17.9. The van der Waals surface area contributed by atoms with E-state index >= 15 is 9.59 Å². The van der Waals surface area contributed by atoms with Crippen LogP contribution >= 0.6 is 11.8 Å². The fourth-order valence-electron chi connectivity index (χ4n) is 12.7. The van der Waals surface area contributed by atoms with E-state index in [2.05, 4.69) is 42.2 Å². The summed E-state index contributed by atoms with van der Waals surface area (Å²) in [5.74, 6) is -9.27. The monoisotopic (exact) mass is 1430 g/mol. The van der Waals surface area contributed by atoms with Crippen LogP contribution < -0.4 is 77.4 Å². The molecule has 3 aliphatic heterocycles. The number of hydrogen-bond donors (Lipinski definition) is 14. The number of likely N-dealkylation sites (tertiary alicyclic amines) is 2. The second kappa shape index (κ2) is 40.5. The Hall–Kier alpha value is -8.69. The van der Waals surface area contributed by atoms with E-state index in [-0.39, 0.29) is 89.2 Å². The Bertz CT molecular complexity index is 3190. The summed E-state index contributed by atoms with van der Waals surface area (Å²) in [6.45, 7) is 8.63. The number of unbranched alkanes of at least 4 members (excludes halogenated alkanes) is 1. The van der Waals surface area contributed by atoms with Crippen molar-refractivity contribution in [2.24, 2.45) is 51.0 Å². The van der Waals surface area contributed by atoms with Gasteiger partial charge in [0, 0.05) is 51.5 Å². The van der Waals surface area contributed by atoms with E-state index in [1.54, 1.807) is 60.7 Å². The van der Waals surface area contributed by atoms with Gasteiger partial charge in [-0.3, -0.25) is 67.3 Å². The van der Waals surface area contributed by atoms with Crippen LogP contribution in [-0.2, 0) is 75.2 Å². The van der Waals surface area contributed by atoms with Gasteiger partial charge in [-0.15, -0.1) is 0 Å². The lowest BCUT2D eigenvalue weighted by Crippen LogP contribution is -2.61. The number of nitrogens with zero attached hydrogens (tertiary/aromatic N) is 4. The summed E-state index contributed by atoms with van der Waals surface area (Å²) in [7, 11) is -2.40. The van der Waals surface area contributed by atoms with E-state index in [1.165, 1.54) is 26.5 Å². The fourth-order valence-corrected chi connectivity index (χ4v) is 16.0. The molecule has 100 heavy (non-hydrogen) atoms. The molecular weight excluding hydrogens is 1330 g/mol. The average molecular weight is 1430 g/mol. The summed E-state index contributed by atoms with van der Waals surface area (Å²) in [5, 5.41) is 19.2. The maximum absolute atomic E-state index is 15.3. The van der Waals surface area contributed by atoms with Crippen molar-refractivity contribution < 1.29 is 62.3 Å². The largest absolute Gasteiger partial charge is 0.370 e. The van der Waals surface area contributed by atoms with Gasteiger partial charge in [0.25, 0.3) is 0 Å². The molecule has 0 saturated carbocycles. The van der Waals surface area contributed by atoms with E-state index in [1.807, 2.05) is 33.2 Å². The van der Waals surface area contributed by atoms with Crippen molar-refractivity contribution in [1.29, 1.82) is 0 Å². The molecule has 5 rings (SSSR count). The number of aliphatic imine (C=N–C) groups is 1. The number of amides is 13. The third-order valence-corrected chi connectivity index (χ3v) is 21.2. The van der Waals surface area contributed by atoms with Crippen LogP contribution in [0.1, 0.15) is 121 Å². The van der Waals surface area contributed by atoms with Gasteiger partial charge in [-0.2, -0.15) is 11.8 Å². The van der Waals surface area contributed by atoms with Gasteiger partial charge >= 0.3 is 0 Å². The minimum absolute atomic E-state index is 0.0756. The van der Waals surface area contributed by atoms with Gasteiger partial charge in [0.2, 0.25) is 76.8 Å². The Morgan fingerprint density at radius 3 is 1.51 bits per heavy atom. The highest BCUT2D eigenvalue weighted by Gasteiger charge is 2.48. The van der Waals surface area contributed by atoms with E-state index in [9.17, 15) is 52.7 Å². The molecule has 2 aromatic rings. The van der Waals surface area contributed by atoms with Gasteiger partial charge in [0.15, 0.2) is 5.96 Å². The van der Waals surface area contributed by atoms with Crippen LogP contribution in [-0.4, -0.2) is 216 Å². The maximum atomic E-state index is 15.3. The summed E-state index contributed by atoms with van der Waals surface area (Å²) >= 11 is 1.47. The Morgan fingerprint density at radius 2 is 0.990 bits per heavy atom. The lowest BCUT2D eigenvalue weighted by atomic mass is 10.0. The quantitative estimate of drug-likeness (QED) is 0.0143. The van der Waals surface area contributed by atoms with Crippen LogP contribution in [0.3, 0.4) is 0 Å². The predicted molar refractivity (Wildman–Crippen MR) is 380 cm³/mol. The van der Waals surface area contributed by atoms with Gasteiger partial charge < -0.3 is 92.1 Å². The van der Waals surface area contributed by atoms with Gasteiger partial charge in [-0.25, -0.2) is 0 Å². The molecule has 0 unspecified atom stereocenters. The Morgan fingerprint density at radius 1 is 0.530 bits per heavy atom. The first kappa shape index (κ1) is 82.0. The zero-order chi connectivity index (χ0) is 73.8. The van der Waals surface area contributed by atoms with Gasteiger partial charge in [0.1, 0.15) is 60.4 Å². The molecule has 21 N–H and O–H groups in total. The summed E-state index contributed by atoms with van der Waals surface area (Å²) in [4.78, 5) is 190. The number of rotatable bonds is 41. The standard InChI is InChI=1S/C67H106N18O13SSi/c1-40(2)35-48(59(91)76-44(56(72)88)29-34-99-3)81-63(95)53-38-100(4,5)39-85(53)66(98)50(37-42-19-10-7-11-20-42)82-60(92)49(36-41-17-8-6-9-18-41)80-58(90)45(25-27-54(70)86)77-57(89)46(26-28-55(71)87)78-61(93)52-24-16-33-84(52)65(97)47(22-12-13-30-68)79-62(94)51-23-15-32-83(51)64(96)43(69)21-14-31-75-67(73)74/h6-11,17-20,40,43-53H,12-16,21-39,68-69H2,1-5H3,(H2,70,86)(H2,71,87)(H2,72,88)(H,76,91)(H,77,89)(H,78,93)(H,79,94)(H,80,90)(H,81,95)(H,82,92)(H4,73,74,75)/t43-,44-,45-,46-,47-,48-,49-,50-,51-,52-,53-/m0/s1. The number of hydrogen-bond acceptors (Lipinski definition) is 17. The second-order valence-electron chi connectivity index (χ2n) is 27.2. The average Bonchev–Trinajstić information content (AvgIpc) is 1.63. The van der Waals surface area contributed by atoms with Crippen molar-refractivity contribution in [3.05, 3.63) is 71.8 Å². The number of benzene rings is 2. The first-order valence-electron chi connectivity index (χ1n) is 34.4. The molecule has 3 aliphatic rings. The topological polar surface area (TPSA) is 510 Å². The lowest BCUT2D eigenvalue weighted by molar-refractivity contribution is -0.144. The molecule has 0 radical (unpaired) electrons. The van der Waals surface area contributed by atoms with Crippen molar-refractivity contribution >= 4 is 103 Å². The summed E-state index contributed by atoms with van der Waals surface area (Å²) < 4.78 is 0. The predicted octanol–water partition coefficient (Wildman–Crippen LogP) is -2.37. The van der Waals surface area contributed by atoms with Gasteiger partial charge in [-0.1, -0.05) is 87.6 Å². The SMILES string of the molecule is CSCC[C@H](NC(=O)[C@H](CC(C)C)NC(=O)[C@@H]1C[Si](C)(C)CN1C(=O)[C@H](Cc1ccccc1)NC(=O)[C@H](Cc1ccccc1)NC(=O)[C@H](CCC(N)=O)NC(=O)[C@H](CCC(N)=O)NC(=O)[C@@H]1CCCN1C(=O)[C@H](CCCCN)NC(=O)[C@@H]1CCCN1C(=O)[C@@H](N)CCCN=C(N)N)C(N)=O. The van der Waals surface area contributed by atoms with E-state index in [4.69, 9.17) is 40.1 Å². The van der Waals surface area contributed by atoms with Crippen molar-refractivity contribution in [3.8, 4) is 0 Å². The number of carbonyl (C=O) groups is 13. The molecule has 2 aromatic carbocycles. The highest BCUT2D eigenvalue weighted by atomic mass is 32.2. The molecule has 0 aromatic heterocycles. The normalized spacial score (nSPS) is 18.7. The maximum Gasteiger partial charge on any atom is 0.245 e. The highest BCUT2D eigenvalue weighted by molar-refractivity contribution is 7.98. The Labute approximate surface area is 590 Å². The molecule has 0 aliphatic carbocycles. The third kappa shape index (κ3) is 26.1. The second-order valence-corrected chi connectivity index (χ2v) is 33.2. The summed E-state index contributed by atoms with van der Waals surface area (Å²) in [6.07, 6.45) is 3.45. The highest BCUT2D eigenvalue weighted by Crippen LogP contribution is 2.29.